The van der Waals surface area contributed by atoms with Gasteiger partial charge in [-0.25, -0.2) is 8.42 Å². The zero-order chi connectivity index (χ0) is 29.8. The number of rotatable bonds is 10. The number of hydrogen-bond donors (Lipinski definition) is 0. The Hall–Kier alpha value is -3.32. The number of amides is 1. The molecular formula is C27H32F3N2O7S-. The Morgan fingerprint density at radius 3 is 2.30 bits per heavy atom. The first-order valence-corrected chi connectivity index (χ1v) is 14.1. The van der Waals surface area contributed by atoms with Crippen molar-refractivity contribution in [1.82, 2.24) is 4.90 Å². The lowest BCUT2D eigenvalue weighted by Crippen LogP contribution is -2.36. The van der Waals surface area contributed by atoms with Crippen LogP contribution in [-0.4, -0.2) is 65.7 Å². The summed E-state index contributed by atoms with van der Waals surface area (Å²) in [5.41, 5.74) is -2.82. The second-order valence-corrected chi connectivity index (χ2v) is 12.0. The Labute approximate surface area is 231 Å². The average Bonchev–Trinajstić information content (AvgIpc) is 2.89. The molecule has 0 bridgehead atoms. The molecule has 13 heteroatoms. The molecule has 1 saturated heterocycles. The van der Waals surface area contributed by atoms with Crippen molar-refractivity contribution in [3.05, 3.63) is 53.1 Å². The second-order valence-electron chi connectivity index (χ2n) is 10.2. The number of halogens is 3. The van der Waals surface area contributed by atoms with E-state index in [2.05, 4.69) is 0 Å². The quantitative estimate of drug-likeness (QED) is 0.420. The molecule has 2 aromatic rings. The lowest BCUT2D eigenvalue weighted by Gasteiger charge is -2.29. The number of benzene rings is 2. The molecule has 40 heavy (non-hydrogen) atoms. The standard InChI is InChI=1S/C27H33F3N2O7S/c1-17(2)15-32(23-7-5-19(25(33)31(3)4)13-22(23)27(28,29)30)40(36,37)20-6-8-24(21(14-20)26(34)35)39-16-18-9-11-38-12-10-18/h5-8,13-14,17-18H,9-12,15-16H2,1-4H3,(H,34,35)/p-1. The van der Waals surface area contributed by atoms with Crippen LogP contribution in [0.4, 0.5) is 18.9 Å². The number of alkyl halides is 3. The molecule has 220 valence electrons. The molecule has 1 aliphatic heterocycles. The van der Waals surface area contributed by atoms with Crippen molar-refractivity contribution in [2.24, 2.45) is 11.8 Å². The summed E-state index contributed by atoms with van der Waals surface area (Å²) in [5, 5.41) is 11.9. The smallest absolute Gasteiger partial charge is 0.418 e. The summed E-state index contributed by atoms with van der Waals surface area (Å²) in [5.74, 6) is -2.79. The van der Waals surface area contributed by atoms with E-state index in [1.54, 1.807) is 13.8 Å². The lowest BCUT2D eigenvalue weighted by molar-refractivity contribution is -0.255. The molecule has 9 nitrogen and oxygen atoms in total. The Morgan fingerprint density at radius 2 is 1.75 bits per heavy atom. The first-order valence-electron chi connectivity index (χ1n) is 12.6. The molecule has 1 amide bonds. The van der Waals surface area contributed by atoms with Crippen LogP contribution in [0.5, 0.6) is 5.75 Å². The molecule has 0 radical (unpaired) electrons. The van der Waals surface area contributed by atoms with Crippen LogP contribution < -0.4 is 14.1 Å². The van der Waals surface area contributed by atoms with Crippen LogP contribution in [0.2, 0.25) is 0 Å². The molecule has 0 aromatic heterocycles. The third-order valence-electron chi connectivity index (χ3n) is 6.33. The Bertz CT molecular complexity index is 1340. The zero-order valence-corrected chi connectivity index (χ0v) is 23.5. The summed E-state index contributed by atoms with van der Waals surface area (Å²) >= 11 is 0. The van der Waals surface area contributed by atoms with Gasteiger partial charge in [-0.15, -0.1) is 0 Å². The Morgan fingerprint density at radius 1 is 1.10 bits per heavy atom. The minimum absolute atomic E-state index is 0.108. The Balaban J connectivity index is 2.08. The number of carboxylic acid groups (broad SMARTS) is 1. The summed E-state index contributed by atoms with van der Waals surface area (Å²) in [6.45, 7) is 4.18. The highest BCUT2D eigenvalue weighted by Gasteiger charge is 2.39. The maximum absolute atomic E-state index is 14.2. The predicted octanol–water partition coefficient (Wildman–Crippen LogP) is 3.43. The van der Waals surface area contributed by atoms with E-state index in [0.29, 0.717) is 23.6 Å². The van der Waals surface area contributed by atoms with Crippen molar-refractivity contribution < 1.29 is 45.8 Å². The molecule has 0 N–H and O–H groups in total. The van der Waals surface area contributed by atoms with E-state index in [0.717, 1.165) is 48.1 Å². The number of carbonyl (C=O) groups is 2. The third-order valence-corrected chi connectivity index (χ3v) is 8.10. The molecule has 0 aliphatic carbocycles. The molecule has 0 saturated carbocycles. The van der Waals surface area contributed by atoms with Crippen LogP contribution in [0, 0.1) is 11.8 Å². The van der Waals surface area contributed by atoms with Crippen molar-refractivity contribution in [3.63, 3.8) is 0 Å². The van der Waals surface area contributed by atoms with Gasteiger partial charge in [-0.3, -0.25) is 9.10 Å². The summed E-state index contributed by atoms with van der Waals surface area (Å²) in [4.78, 5) is 24.8. The maximum atomic E-state index is 14.2. The van der Waals surface area contributed by atoms with Gasteiger partial charge in [0.15, 0.2) is 0 Å². The van der Waals surface area contributed by atoms with Crippen molar-refractivity contribution in [2.45, 2.75) is 37.8 Å². The van der Waals surface area contributed by atoms with Crippen molar-refractivity contribution >= 4 is 27.6 Å². The monoisotopic (exact) mass is 585 g/mol. The van der Waals surface area contributed by atoms with Gasteiger partial charge in [-0.2, -0.15) is 13.2 Å². The number of hydrogen-bond acceptors (Lipinski definition) is 7. The lowest BCUT2D eigenvalue weighted by atomic mass is 10.0. The van der Waals surface area contributed by atoms with E-state index >= 15 is 0 Å². The minimum atomic E-state index is -5.00. The van der Waals surface area contributed by atoms with E-state index in [1.807, 2.05) is 0 Å². The normalized spacial score (nSPS) is 14.7. The van der Waals surface area contributed by atoms with Gasteiger partial charge in [0.05, 0.1) is 28.7 Å². The Kier molecular flexibility index (Phi) is 9.72. The summed E-state index contributed by atoms with van der Waals surface area (Å²) in [6, 6.07) is 5.75. The SMILES string of the molecule is CC(C)CN(c1ccc(C(=O)N(C)C)cc1C(F)(F)F)S(=O)(=O)c1ccc(OCC2CCOCC2)c(C(=O)[O-])c1. The fourth-order valence-electron chi connectivity index (χ4n) is 4.23. The molecule has 1 aliphatic rings. The number of sulfonamides is 1. The van der Waals surface area contributed by atoms with Gasteiger partial charge < -0.3 is 24.3 Å². The van der Waals surface area contributed by atoms with E-state index in [1.165, 1.54) is 14.1 Å². The molecular weight excluding hydrogens is 553 g/mol. The number of anilines is 1. The number of aromatic carboxylic acids is 1. The van der Waals surface area contributed by atoms with Crippen molar-refractivity contribution in [2.75, 3.05) is 44.8 Å². The highest BCUT2D eigenvalue weighted by molar-refractivity contribution is 7.92. The second kappa shape index (κ2) is 12.5. The largest absolute Gasteiger partial charge is 0.545 e. The molecule has 2 aromatic carbocycles. The fourth-order valence-corrected chi connectivity index (χ4v) is 5.91. The highest BCUT2D eigenvalue weighted by Crippen LogP contribution is 2.40. The van der Waals surface area contributed by atoms with Crippen LogP contribution in [0.15, 0.2) is 41.3 Å². The van der Waals surface area contributed by atoms with Crippen LogP contribution in [0.1, 0.15) is 53.0 Å². The minimum Gasteiger partial charge on any atom is -0.545 e. The van der Waals surface area contributed by atoms with Gasteiger partial charge in [0, 0.05) is 45.0 Å². The van der Waals surface area contributed by atoms with Gasteiger partial charge in [0.25, 0.3) is 15.9 Å². The van der Waals surface area contributed by atoms with Crippen LogP contribution in [0.25, 0.3) is 0 Å². The van der Waals surface area contributed by atoms with E-state index in [9.17, 15) is 36.3 Å². The average molecular weight is 586 g/mol. The van der Waals surface area contributed by atoms with Gasteiger partial charge in [-0.1, -0.05) is 13.8 Å². The number of ether oxygens (including phenoxy) is 2. The van der Waals surface area contributed by atoms with Crippen LogP contribution in [-0.2, 0) is 20.9 Å². The highest BCUT2D eigenvalue weighted by atomic mass is 32.2. The molecule has 0 atom stereocenters. The van der Waals surface area contributed by atoms with Gasteiger partial charge in [0.1, 0.15) is 5.75 Å². The van der Waals surface area contributed by atoms with Gasteiger partial charge in [0.2, 0.25) is 0 Å². The first kappa shape index (κ1) is 31.2. The van der Waals surface area contributed by atoms with Crippen molar-refractivity contribution in [1.29, 1.82) is 0 Å². The maximum Gasteiger partial charge on any atom is 0.418 e. The van der Waals surface area contributed by atoms with Gasteiger partial charge >= 0.3 is 6.18 Å². The number of carbonyl (C=O) groups excluding carboxylic acids is 2. The van der Waals surface area contributed by atoms with Crippen LogP contribution in [0.3, 0.4) is 0 Å². The molecule has 1 fully saturated rings. The van der Waals surface area contributed by atoms with Gasteiger partial charge in [-0.05, 0) is 61.1 Å². The third kappa shape index (κ3) is 7.25. The van der Waals surface area contributed by atoms with Crippen LogP contribution >= 0.6 is 0 Å². The topological polar surface area (TPSA) is 116 Å². The molecule has 0 spiro atoms. The first-order chi connectivity index (χ1) is 18.6. The zero-order valence-electron chi connectivity index (χ0n) is 22.7. The number of carboxylic acids is 1. The fraction of sp³-hybridized carbons (Fsp3) is 0.481. The van der Waals surface area contributed by atoms with E-state index < -0.39 is 55.7 Å². The van der Waals surface area contributed by atoms with E-state index in [4.69, 9.17) is 9.47 Å². The molecule has 0 unspecified atom stereocenters. The predicted molar refractivity (Wildman–Crippen MR) is 139 cm³/mol. The molecule has 1 heterocycles. The summed E-state index contributed by atoms with van der Waals surface area (Å²) < 4.78 is 81.7. The van der Waals surface area contributed by atoms with Crippen molar-refractivity contribution in [3.8, 4) is 5.75 Å². The summed E-state index contributed by atoms with van der Waals surface area (Å²) in [6.07, 6.45) is -3.56. The van der Waals surface area contributed by atoms with E-state index in [-0.39, 0.29) is 30.4 Å². The number of nitrogens with zero attached hydrogens (tertiary/aromatic N) is 2. The summed E-state index contributed by atoms with van der Waals surface area (Å²) in [7, 11) is -1.96. The molecule has 3 rings (SSSR count).